The fourth-order valence-electron chi connectivity index (χ4n) is 15.5. The molecule has 0 aromatic carbocycles. The van der Waals surface area contributed by atoms with Gasteiger partial charge in [0.2, 0.25) is 0 Å². The summed E-state index contributed by atoms with van der Waals surface area (Å²) in [6, 6.07) is 0. The van der Waals surface area contributed by atoms with E-state index in [0.717, 1.165) is 116 Å². The summed E-state index contributed by atoms with van der Waals surface area (Å²) in [7, 11) is 0. The Labute approximate surface area is 293 Å². The van der Waals surface area contributed by atoms with Crippen molar-refractivity contribution >= 4 is 23.5 Å². The van der Waals surface area contributed by atoms with Gasteiger partial charge >= 0.3 is 23.0 Å². The van der Waals surface area contributed by atoms with Crippen LogP contribution in [0.1, 0.15) is 157 Å². The van der Waals surface area contributed by atoms with Crippen molar-refractivity contribution in [3.8, 4) is 0 Å². The number of hydrogen-bond donors (Lipinski definition) is 1. The molecule has 7 heteroatoms. The first kappa shape index (κ1) is 35.6. The standard InChI is InChI=1S/2C20H30O3.Fe/c2*1-17-9-5-14-18(2)7-4-8-19(3,16(22)23)13(18)6-10-20(14,12-17)11-15(17)21;/h2*13-14H,4-12H2,1-3H3,(H,22,23);/q;;+2/p-1/t2*13-,14-,17-,18+,19+,20-;/m00./s1. The molecule has 0 aromatic rings. The van der Waals surface area contributed by atoms with Crippen LogP contribution in [0.5, 0.6) is 0 Å². The number of aliphatic carboxylic acids is 2. The summed E-state index contributed by atoms with van der Waals surface area (Å²) in [6.45, 7) is 13.0. The minimum atomic E-state index is -0.854. The van der Waals surface area contributed by atoms with E-state index < -0.39 is 22.8 Å². The third-order valence-electron chi connectivity index (χ3n) is 17.7. The first-order valence-corrected chi connectivity index (χ1v) is 18.8. The van der Waals surface area contributed by atoms with Crippen molar-refractivity contribution in [1.29, 1.82) is 0 Å². The molecule has 1 N–H and O–H groups in total. The Hall–Kier alpha value is -1.20. The van der Waals surface area contributed by atoms with Crippen LogP contribution in [0.15, 0.2) is 0 Å². The summed E-state index contributed by atoms with van der Waals surface area (Å²) in [6.07, 6.45) is 17.8. The molecule has 0 amide bonds. The maximum atomic E-state index is 12.6. The van der Waals surface area contributed by atoms with Crippen LogP contribution in [0.3, 0.4) is 0 Å². The molecular formula is C40H59FeO6+. The van der Waals surface area contributed by atoms with Crippen LogP contribution < -0.4 is 5.11 Å². The van der Waals surface area contributed by atoms with Gasteiger partial charge in [0.1, 0.15) is 11.6 Å². The van der Waals surface area contributed by atoms with Crippen LogP contribution in [-0.2, 0) is 36.2 Å². The van der Waals surface area contributed by atoms with Crippen molar-refractivity contribution in [2.45, 2.75) is 157 Å². The van der Waals surface area contributed by atoms with E-state index in [1.807, 2.05) is 13.8 Å². The first-order valence-electron chi connectivity index (χ1n) is 18.8. The average molecular weight is 692 g/mol. The zero-order valence-corrected chi connectivity index (χ0v) is 31.0. The molecule has 0 heterocycles. The van der Waals surface area contributed by atoms with Crippen molar-refractivity contribution in [2.75, 3.05) is 0 Å². The summed E-state index contributed by atoms with van der Waals surface area (Å²) < 4.78 is 0. The number of hydrogen-bond acceptors (Lipinski definition) is 5. The van der Waals surface area contributed by atoms with Crippen molar-refractivity contribution in [1.82, 2.24) is 0 Å². The van der Waals surface area contributed by atoms with Crippen LogP contribution in [0, 0.1) is 67.0 Å². The zero-order chi connectivity index (χ0) is 33.3. The summed E-state index contributed by atoms with van der Waals surface area (Å²) in [4.78, 5) is 49.2. The van der Waals surface area contributed by atoms with E-state index in [0.29, 0.717) is 23.4 Å². The van der Waals surface area contributed by atoms with Gasteiger partial charge in [-0.1, -0.05) is 47.5 Å². The molecule has 0 unspecified atom stereocenters. The third-order valence-corrected chi connectivity index (χ3v) is 17.7. The Morgan fingerprint density at radius 1 is 0.596 bits per heavy atom. The molecule has 6 nitrogen and oxygen atoms in total. The summed E-state index contributed by atoms with van der Waals surface area (Å²) in [5.41, 5.74) is -0.898. The van der Waals surface area contributed by atoms with Crippen molar-refractivity contribution in [2.24, 2.45) is 67.0 Å². The van der Waals surface area contributed by atoms with Crippen LogP contribution in [0.25, 0.3) is 0 Å². The molecule has 47 heavy (non-hydrogen) atoms. The topological polar surface area (TPSA) is 112 Å². The molecule has 2 spiro atoms. The van der Waals surface area contributed by atoms with Crippen molar-refractivity contribution in [3.05, 3.63) is 0 Å². The van der Waals surface area contributed by atoms with Gasteiger partial charge in [0.15, 0.2) is 0 Å². The minimum absolute atomic E-state index is 0. The van der Waals surface area contributed by atoms with Gasteiger partial charge in [-0.15, -0.1) is 0 Å². The van der Waals surface area contributed by atoms with Gasteiger partial charge in [-0.05, 0) is 142 Å². The molecule has 8 rings (SSSR count). The van der Waals surface area contributed by atoms with Gasteiger partial charge in [0, 0.05) is 35.1 Å². The van der Waals surface area contributed by atoms with Gasteiger partial charge in [-0.2, -0.15) is 0 Å². The summed E-state index contributed by atoms with van der Waals surface area (Å²) in [5.74, 6) is 1.06. The second kappa shape index (κ2) is 10.9. The van der Waals surface area contributed by atoms with E-state index in [-0.39, 0.29) is 61.4 Å². The van der Waals surface area contributed by atoms with E-state index in [2.05, 4.69) is 27.7 Å². The Morgan fingerprint density at radius 3 is 1.38 bits per heavy atom. The van der Waals surface area contributed by atoms with E-state index >= 15 is 0 Å². The molecule has 0 radical (unpaired) electrons. The molecule has 262 valence electrons. The van der Waals surface area contributed by atoms with Crippen LogP contribution in [0.4, 0.5) is 0 Å². The predicted octanol–water partition coefficient (Wildman–Crippen LogP) is 7.55. The number of rotatable bonds is 2. The second-order valence-electron chi connectivity index (χ2n) is 19.9. The molecule has 4 bridgehead atoms. The molecule has 12 atom stereocenters. The van der Waals surface area contributed by atoms with Gasteiger partial charge in [0.05, 0.1) is 5.41 Å². The van der Waals surface area contributed by atoms with Gasteiger partial charge in [-0.25, -0.2) is 0 Å². The number of Topliss-reactive ketones (excluding diaryl/α,β-unsaturated/α-hetero) is 2. The Bertz CT molecular complexity index is 1280. The Morgan fingerprint density at radius 2 is 0.979 bits per heavy atom. The minimum Gasteiger partial charge on any atom is -0.550 e. The molecule has 0 aliphatic heterocycles. The number of carboxylic acids is 2. The maximum Gasteiger partial charge on any atom is 2.00 e. The molecular weight excluding hydrogens is 632 g/mol. The van der Waals surface area contributed by atoms with Crippen LogP contribution >= 0.6 is 0 Å². The smallest absolute Gasteiger partial charge is 0.550 e. The zero-order valence-electron chi connectivity index (χ0n) is 29.9. The van der Waals surface area contributed by atoms with Crippen LogP contribution in [0.2, 0.25) is 0 Å². The summed E-state index contributed by atoms with van der Waals surface area (Å²) >= 11 is 0. The monoisotopic (exact) mass is 691 g/mol. The molecule has 8 fully saturated rings. The number of carbonyl (C=O) groups is 4. The molecule has 8 saturated carbocycles. The number of carboxylic acid groups (broad SMARTS) is 2. The van der Waals surface area contributed by atoms with Gasteiger partial charge < -0.3 is 15.0 Å². The van der Waals surface area contributed by atoms with Crippen molar-refractivity contribution < 1.29 is 46.5 Å². The fourth-order valence-corrected chi connectivity index (χ4v) is 15.5. The van der Waals surface area contributed by atoms with Gasteiger partial charge in [0.25, 0.3) is 0 Å². The van der Waals surface area contributed by atoms with Gasteiger partial charge in [-0.3, -0.25) is 14.4 Å². The van der Waals surface area contributed by atoms with E-state index in [9.17, 15) is 29.4 Å². The fraction of sp³-hybridized carbons (Fsp3) is 0.900. The third kappa shape index (κ3) is 4.65. The quantitative estimate of drug-likeness (QED) is 0.300. The number of ketones is 2. The van der Waals surface area contributed by atoms with E-state index in [1.54, 1.807) is 0 Å². The number of carbonyl (C=O) groups excluding carboxylic acids is 3. The van der Waals surface area contributed by atoms with Crippen molar-refractivity contribution in [3.63, 3.8) is 0 Å². The largest absolute Gasteiger partial charge is 2.00 e. The first-order chi connectivity index (χ1) is 21.3. The second-order valence-corrected chi connectivity index (χ2v) is 19.9. The Balaban J connectivity index is 0.000000161. The van der Waals surface area contributed by atoms with Crippen LogP contribution in [-0.4, -0.2) is 28.6 Å². The molecule has 8 aliphatic carbocycles. The van der Waals surface area contributed by atoms with E-state index in [4.69, 9.17) is 0 Å². The molecule has 8 aliphatic rings. The summed E-state index contributed by atoms with van der Waals surface area (Å²) in [5, 5.41) is 21.8. The predicted molar refractivity (Wildman–Crippen MR) is 173 cm³/mol. The SMILES string of the molecule is C[C@@]12CC[C@@H]3[C@@](CC[C@H]4[C@@]3(C)CCC[C@@]4(C)C(=O)O)(CC1=O)C2.C[C@@]12CC[C@@H]3[C@@](CC[C@H]4[C@@]3(C)CCC[C@@]4(C)C(=O)[O-])(CC1=O)C2.[Fe+2]. The van der Waals surface area contributed by atoms with E-state index in [1.165, 1.54) is 0 Å². The normalized spacial score (nSPS) is 54.0. The Kier molecular flexibility index (Phi) is 8.26. The maximum absolute atomic E-state index is 12.6. The molecule has 0 saturated heterocycles. The average Bonchev–Trinajstić information content (AvgIpc) is 3.26. The molecule has 0 aromatic heterocycles. The number of fused-ring (bicyclic) bond motifs is 6.